The van der Waals surface area contributed by atoms with Crippen molar-refractivity contribution in [1.82, 2.24) is 5.32 Å². The van der Waals surface area contributed by atoms with Gasteiger partial charge >= 0.3 is 0 Å². The number of hydrogen-bond donors (Lipinski definition) is 2. The Morgan fingerprint density at radius 1 is 1.39 bits per heavy atom. The molecule has 0 spiro atoms. The average Bonchev–Trinajstić information content (AvgIpc) is 2.26. The second kappa shape index (κ2) is 6.80. The van der Waals surface area contributed by atoms with Crippen LogP contribution in [0.3, 0.4) is 0 Å². The van der Waals surface area contributed by atoms with E-state index in [1.165, 1.54) is 5.56 Å². The van der Waals surface area contributed by atoms with Crippen LogP contribution in [0.15, 0.2) is 23.1 Å². The molecule has 0 aliphatic heterocycles. The summed E-state index contributed by atoms with van der Waals surface area (Å²) in [4.78, 5) is 1.14. The standard InChI is InChI=1S/C14H22ClNOS/c1-10(9-17)18-13-7-12(15)6-5-11(13)8-16-14(2,3)4/h5-7,10,16-17H,8-9H2,1-4H3. The third-order valence-electron chi connectivity index (χ3n) is 2.42. The molecule has 0 fully saturated rings. The number of hydrogen-bond acceptors (Lipinski definition) is 3. The fraction of sp³-hybridized carbons (Fsp3) is 0.571. The van der Waals surface area contributed by atoms with Gasteiger partial charge in [-0.05, 0) is 38.5 Å². The van der Waals surface area contributed by atoms with Gasteiger partial charge in [0.15, 0.2) is 0 Å². The maximum atomic E-state index is 9.15. The predicted octanol–water partition coefficient (Wildman–Crippen LogP) is 3.70. The molecule has 1 unspecified atom stereocenters. The summed E-state index contributed by atoms with van der Waals surface area (Å²) in [7, 11) is 0. The normalized spacial score (nSPS) is 13.7. The summed E-state index contributed by atoms with van der Waals surface area (Å²) in [6, 6.07) is 5.93. The molecule has 2 N–H and O–H groups in total. The zero-order chi connectivity index (χ0) is 13.8. The predicted molar refractivity (Wildman–Crippen MR) is 80.4 cm³/mol. The third kappa shape index (κ3) is 5.61. The SMILES string of the molecule is CC(CO)Sc1cc(Cl)ccc1CNC(C)(C)C. The molecule has 0 aliphatic rings. The van der Waals surface area contributed by atoms with Crippen molar-refractivity contribution in [1.29, 1.82) is 0 Å². The molecule has 0 aliphatic carbocycles. The van der Waals surface area contributed by atoms with E-state index in [9.17, 15) is 0 Å². The number of benzene rings is 1. The summed E-state index contributed by atoms with van der Waals surface area (Å²) in [5.41, 5.74) is 1.31. The van der Waals surface area contributed by atoms with Gasteiger partial charge in [-0.3, -0.25) is 0 Å². The Morgan fingerprint density at radius 2 is 2.06 bits per heavy atom. The molecule has 0 saturated carbocycles. The Morgan fingerprint density at radius 3 is 2.61 bits per heavy atom. The Balaban J connectivity index is 2.82. The van der Waals surface area contributed by atoms with Crippen LogP contribution in [0.2, 0.25) is 5.02 Å². The van der Waals surface area contributed by atoms with Crippen molar-refractivity contribution in [3.05, 3.63) is 28.8 Å². The van der Waals surface area contributed by atoms with Crippen LogP contribution in [0.4, 0.5) is 0 Å². The monoisotopic (exact) mass is 287 g/mol. The maximum Gasteiger partial charge on any atom is 0.0550 e. The van der Waals surface area contributed by atoms with E-state index in [-0.39, 0.29) is 17.4 Å². The summed E-state index contributed by atoms with van der Waals surface area (Å²) in [6.45, 7) is 9.42. The first-order chi connectivity index (χ1) is 8.31. The van der Waals surface area contributed by atoms with E-state index in [4.69, 9.17) is 16.7 Å². The second-order valence-corrected chi connectivity index (χ2v) is 7.38. The molecule has 4 heteroatoms. The molecule has 0 amide bonds. The first kappa shape index (κ1) is 15.8. The van der Waals surface area contributed by atoms with Gasteiger partial charge in [0.25, 0.3) is 0 Å². The van der Waals surface area contributed by atoms with Gasteiger partial charge in [-0.1, -0.05) is 24.6 Å². The van der Waals surface area contributed by atoms with E-state index in [0.29, 0.717) is 0 Å². The van der Waals surface area contributed by atoms with Gasteiger partial charge in [-0.15, -0.1) is 11.8 Å². The van der Waals surface area contributed by atoms with E-state index < -0.39 is 0 Å². The van der Waals surface area contributed by atoms with E-state index in [0.717, 1.165) is 16.5 Å². The summed E-state index contributed by atoms with van der Waals surface area (Å²) in [5, 5.41) is 13.5. The number of aliphatic hydroxyl groups is 1. The van der Waals surface area contributed by atoms with Gasteiger partial charge in [0.1, 0.15) is 0 Å². The number of nitrogens with one attached hydrogen (secondary N) is 1. The molecular weight excluding hydrogens is 266 g/mol. The smallest absolute Gasteiger partial charge is 0.0550 e. The lowest BCUT2D eigenvalue weighted by atomic mass is 10.1. The summed E-state index contributed by atoms with van der Waals surface area (Å²) in [6.07, 6.45) is 0. The topological polar surface area (TPSA) is 32.3 Å². The molecule has 1 rings (SSSR count). The highest BCUT2D eigenvalue weighted by atomic mass is 35.5. The molecule has 102 valence electrons. The zero-order valence-electron chi connectivity index (χ0n) is 11.5. The summed E-state index contributed by atoms with van der Waals surface area (Å²) in [5.74, 6) is 0. The fourth-order valence-corrected chi connectivity index (χ4v) is 2.63. The minimum Gasteiger partial charge on any atom is -0.395 e. The first-order valence-electron chi connectivity index (χ1n) is 6.13. The van der Waals surface area contributed by atoms with Crippen LogP contribution in [0.5, 0.6) is 0 Å². The van der Waals surface area contributed by atoms with Crippen LogP contribution in [0.1, 0.15) is 33.3 Å². The van der Waals surface area contributed by atoms with Crippen LogP contribution in [-0.2, 0) is 6.54 Å². The molecule has 1 aromatic rings. The quantitative estimate of drug-likeness (QED) is 0.810. The molecule has 0 saturated heterocycles. The van der Waals surface area contributed by atoms with Gasteiger partial charge in [0.2, 0.25) is 0 Å². The van der Waals surface area contributed by atoms with Crippen molar-refractivity contribution in [3.63, 3.8) is 0 Å². The van der Waals surface area contributed by atoms with Crippen LogP contribution in [0.25, 0.3) is 0 Å². The van der Waals surface area contributed by atoms with Crippen molar-refractivity contribution >= 4 is 23.4 Å². The number of rotatable bonds is 5. The van der Waals surface area contributed by atoms with Gasteiger partial charge in [-0.25, -0.2) is 0 Å². The highest BCUT2D eigenvalue weighted by molar-refractivity contribution is 8.00. The lowest BCUT2D eigenvalue weighted by Gasteiger charge is -2.22. The van der Waals surface area contributed by atoms with Crippen LogP contribution in [0, 0.1) is 0 Å². The zero-order valence-corrected chi connectivity index (χ0v) is 13.0. The van der Waals surface area contributed by atoms with Crippen LogP contribution in [-0.4, -0.2) is 22.5 Å². The number of halogens is 1. The summed E-state index contributed by atoms with van der Waals surface area (Å²) >= 11 is 7.70. The Hall–Kier alpha value is -0.220. The first-order valence-corrected chi connectivity index (χ1v) is 7.38. The Bertz CT molecular complexity index is 390. The molecule has 0 bridgehead atoms. The van der Waals surface area contributed by atoms with E-state index in [1.54, 1.807) is 11.8 Å². The van der Waals surface area contributed by atoms with Gasteiger partial charge < -0.3 is 10.4 Å². The highest BCUT2D eigenvalue weighted by Gasteiger charge is 2.12. The van der Waals surface area contributed by atoms with Crippen molar-refractivity contribution < 1.29 is 5.11 Å². The molecule has 1 atom stereocenters. The number of aliphatic hydroxyl groups excluding tert-OH is 1. The Labute approximate surface area is 119 Å². The molecule has 2 nitrogen and oxygen atoms in total. The molecule has 0 radical (unpaired) electrons. The van der Waals surface area contributed by atoms with E-state index in [2.05, 4.69) is 26.1 Å². The van der Waals surface area contributed by atoms with Gasteiger partial charge in [0.05, 0.1) is 6.61 Å². The summed E-state index contributed by atoms with van der Waals surface area (Å²) < 4.78 is 0. The van der Waals surface area contributed by atoms with Crippen molar-refractivity contribution in [3.8, 4) is 0 Å². The van der Waals surface area contributed by atoms with E-state index >= 15 is 0 Å². The lowest BCUT2D eigenvalue weighted by molar-refractivity contribution is 0.300. The van der Waals surface area contributed by atoms with Crippen LogP contribution < -0.4 is 5.32 Å². The van der Waals surface area contributed by atoms with Crippen LogP contribution >= 0.6 is 23.4 Å². The molecule has 0 heterocycles. The van der Waals surface area contributed by atoms with Gasteiger partial charge in [-0.2, -0.15) is 0 Å². The third-order valence-corrected chi connectivity index (χ3v) is 3.84. The van der Waals surface area contributed by atoms with Crippen molar-refractivity contribution in [2.45, 2.75) is 49.9 Å². The minimum absolute atomic E-state index is 0.0875. The van der Waals surface area contributed by atoms with Crippen molar-refractivity contribution in [2.75, 3.05) is 6.61 Å². The van der Waals surface area contributed by atoms with Gasteiger partial charge in [0, 0.05) is 27.3 Å². The maximum absolute atomic E-state index is 9.15. The lowest BCUT2D eigenvalue weighted by Crippen LogP contribution is -2.35. The average molecular weight is 288 g/mol. The highest BCUT2D eigenvalue weighted by Crippen LogP contribution is 2.29. The molecule has 18 heavy (non-hydrogen) atoms. The van der Waals surface area contributed by atoms with Crippen molar-refractivity contribution in [2.24, 2.45) is 0 Å². The largest absolute Gasteiger partial charge is 0.395 e. The molecule has 0 aromatic heterocycles. The Kier molecular flexibility index (Phi) is 5.99. The fourth-order valence-electron chi connectivity index (χ4n) is 1.40. The van der Waals surface area contributed by atoms with E-state index in [1.807, 2.05) is 25.1 Å². The second-order valence-electron chi connectivity index (χ2n) is 5.47. The minimum atomic E-state index is 0.0875. The molecule has 1 aromatic carbocycles. The number of thioether (sulfide) groups is 1. The molecular formula is C14H22ClNOS.